The largest absolute Gasteiger partial charge is 0.304 e. The first kappa shape index (κ1) is 79.7. The summed E-state index contributed by atoms with van der Waals surface area (Å²) in [6, 6.07) is 13.6. The van der Waals surface area contributed by atoms with E-state index in [9.17, 15) is 0 Å². The van der Waals surface area contributed by atoms with E-state index in [1.165, 1.54) is 234 Å². The van der Waals surface area contributed by atoms with Gasteiger partial charge in [0.2, 0.25) is 0 Å². The summed E-state index contributed by atoms with van der Waals surface area (Å²) in [5.74, 6) is 0. The molecule has 0 amide bonds. The summed E-state index contributed by atoms with van der Waals surface area (Å²) >= 11 is 0. The predicted molar refractivity (Wildman–Crippen MR) is 401 cm³/mol. The third kappa shape index (κ3) is 23.2. The Morgan fingerprint density at radius 3 is 1.17 bits per heavy atom. The first-order valence-corrected chi connectivity index (χ1v) is 39.7. The lowest BCUT2D eigenvalue weighted by molar-refractivity contribution is -0.0231. The van der Waals surface area contributed by atoms with Gasteiger partial charge >= 0.3 is 0 Å². The van der Waals surface area contributed by atoms with E-state index in [-0.39, 0.29) is 0 Å². The molecule has 0 aromatic rings. The maximum Gasteiger partial charge on any atom is 0.0335 e. The second-order valence-electron chi connectivity index (χ2n) is 34.7. The SMILES string of the molecule is CC(C)N1CC2CC1CN2C.CC(C)N1CC2CCC(C1)N2C.CC(C)N1CC2CCC1CN2C.CC(C)N1CCN(C)C2(CC2)C1.CC(C)N1CCN(C)C2CCCCC21.CC(C)N1CCN(C)CC1.CC(C)N1CCN(C)CC1.CC(C)N1CCN2CCCC1C2. The molecule has 2 saturated carbocycles. The Morgan fingerprint density at radius 2 is 0.720 bits per heavy atom. The van der Waals surface area contributed by atoms with Crippen LogP contribution < -0.4 is 0 Å². The smallest absolute Gasteiger partial charge is 0.0335 e. The lowest BCUT2D eigenvalue weighted by atomic mass is 9.86. The minimum absolute atomic E-state index is 0.600. The van der Waals surface area contributed by atoms with Gasteiger partial charge in [-0.3, -0.25) is 49.0 Å². The molecule has 16 heteroatoms. The molecule has 0 N–H and O–H groups in total. The molecule has 1 spiro atoms. The Labute approximate surface area is 578 Å². The van der Waals surface area contributed by atoms with Crippen LogP contribution in [-0.2, 0) is 0 Å². The molecule has 13 saturated heterocycles. The predicted octanol–water partition coefficient (Wildman–Crippen LogP) is 8.72. The van der Waals surface area contributed by atoms with Gasteiger partial charge in [0, 0.05) is 252 Å². The first-order valence-electron chi connectivity index (χ1n) is 39.7. The van der Waals surface area contributed by atoms with Gasteiger partial charge in [-0.15, -0.1) is 0 Å². The van der Waals surface area contributed by atoms with Gasteiger partial charge in [-0.25, -0.2) is 0 Å². The van der Waals surface area contributed by atoms with Crippen LogP contribution in [0.3, 0.4) is 0 Å². The number of rotatable bonds is 8. The minimum Gasteiger partial charge on any atom is -0.304 e. The van der Waals surface area contributed by atoms with Crippen molar-refractivity contribution in [1.29, 1.82) is 0 Å². The van der Waals surface area contributed by atoms with Crippen LogP contribution in [0.4, 0.5) is 0 Å². The Morgan fingerprint density at radius 1 is 0.280 bits per heavy atom. The second kappa shape index (κ2) is 37.9. The Balaban J connectivity index is 0.000000151. The maximum absolute atomic E-state index is 2.73. The van der Waals surface area contributed by atoms with Crippen LogP contribution in [-0.4, -0.2) is 387 Å². The average molecular weight is 1310 g/mol. The first-order chi connectivity index (χ1) is 44.1. The summed E-state index contributed by atoms with van der Waals surface area (Å²) in [6.07, 6.45) is 18.5. The molecule has 546 valence electrons. The number of hydrogen-bond donors (Lipinski definition) is 0. The highest BCUT2D eigenvalue weighted by molar-refractivity contribution is 5.08. The van der Waals surface area contributed by atoms with Gasteiger partial charge in [-0.2, -0.15) is 0 Å². The Hall–Kier alpha value is -0.640. The van der Waals surface area contributed by atoms with Gasteiger partial charge in [0.05, 0.1) is 0 Å². The summed E-state index contributed by atoms with van der Waals surface area (Å²) in [4.78, 5) is 41.2. The number of likely N-dealkylation sites (tertiary alicyclic amines) is 3. The summed E-state index contributed by atoms with van der Waals surface area (Å²) in [5.41, 5.74) is 0.600. The molecule has 0 radical (unpaired) electrons. The third-order valence-electron chi connectivity index (χ3n) is 25.8. The van der Waals surface area contributed by atoms with Crippen molar-refractivity contribution in [3.8, 4) is 0 Å². The second-order valence-corrected chi connectivity index (χ2v) is 34.7. The van der Waals surface area contributed by atoms with Crippen LogP contribution in [0.15, 0.2) is 0 Å². The van der Waals surface area contributed by atoms with Crippen LogP contribution in [0.2, 0.25) is 0 Å². The standard InChI is InChI=1S/C12H24N2.4C10H20N2.C9H18N2.2C8H18N2/c1-10(2)14-9-8-13(3)11-6-4-5-7-12(11)14;1-8(2)12-7-9-4-5-10(12)6-11(9)3;1-8(2)12-6-9-4-5-10(7-12)11(9)3;1-9(2)12-7-6-11(3)10(8-12)4-5-10;1-9(2)12-7-6-11-5-3-4-10(12)8-11;1-7(2)11-6-8-4-9(11)5-10(8)3;2*1-8(2)10-6-4-9(3)5-7-10/h10-12H,4-9H2,1-3H3;2*8-10H,4-7H2,1-3H3;9H,4-8H2,1-3H3;9-10H,3-8H2,1-2H3;7-9H,4-6H2,1-3H3;2*8H,4-7H2,1-3H3. The normalized spacial score (nSPS) is 33.7. The molecule has 0 aromatic carbocycles. The van der Waals surface area contributed by atoms with Crippen molar-refractivity contribution in [2.24, 2.45) is 0 Å². The monoisotopic (exact) mass is 1310 g/mol. The zero-order valence-corrected chi connectivity index (χ0v) is 65.9. The molecule has 10 atom stereocenters. The lowest BCUT2D eigenvalue weighted by Gasteiger charge is -2.52. The Bertz CT molecular complexity index is 1970. The van der Waals surface area contributed by atoms with E-state index < -0.39 is 0 Å². The molecule has 15 fully saturated rings. The van der Waals surface area contributed by atoms with Gasteiger partial charge in [-0.05, 0) is 237 Å². The van der Waals surface area contributed by atoms with E-state index in [4.69, 9.17) is 0 Å². The number of piperidine rings is 3. The molecule has 93 heavy (non-hydrogen) atoms. The van der Waals surface area contributed by atoms with E-state index in [1.54, 1.807) is 0 Å². The van der Waals surface area contributed by atoms with Gasteiger partial charge in [0.15, 0.2) is 0 Å². The fourth-order valence-corrected chi connectivity index (χ4v) is 18.6. The number of piperazine rings is 8. The highest BCUT2D eigenvalue weighted by Gasteiger charge is 2.50. The third-order valence-corrected chi connectivity index (χ3v) is 25.8. The molecule has 15 aliphatic rings. The molecule has 15 rings (SSSR count). The highest BCUT2D eigenvalue weighted by Crippen LogP contribution is 2.43. The number of nitrogens with zero attached hydrogens (tertiary/aromatic N) is 16. The molecule has 13 heterocycles. The fraction of sp³-hybridized carbons (Fsp3) is 1.00. The van der Waals surface area contributed by atoms with Crippen molar-refractivity contribution in [3.05, 3.63) is 0 Å². The summed E-state index contributed by atoms with van der Waals surface area (Å²) in [6.45, 7) is 66.2. The zero-order valence-electron chi connectivity index (χ0n) is 65.9. The number of hydrogen-bond acceptors (Lipinski definition) is 16. The quantitative estimate of drug-likeness (QED) is 0.233. The molecule has 2 aliphatic carbocycles. The van der Waals surface area contributed by atoms with E-state index in [0.29, 0.717) is 5.54 Å². The van der Waals surface area contributed by atoms with Gasteiger partial charge < -0.3 is 29.4 Å². The Kier molecular flexibility index (Phi) is 32.4. The van der Waals surface area contributed by atoms with Crippen molar-refractivity contribution in [3.63, 3.8) is 0 Å². The van der Waals surface area contributed by atoms with E-state index in [2.05, 4.69) is 239 Å². The average Bonchev–Trinajstić information content (AvgIpc) is 1.68. The van der Waals surface area contributed by atoms with Crippen molar-refractivity contribution < 1.29 is 0 Å². The van der Waals surface area contributed by atoms with Gasteiger partial charge in [0.1, 0.15) is 0 Å². The van der Waals surface area contributed by atoms with E-state index in [1.807, 2.05) is 0 Å². The van der Waals surface area contributed by atoms with Crippen LogP contribution in [0.5, 0.6) is 0 Å². The summed E-state index contributed by atoms with van der Waals surface area (Å²) < 4.78 is 0. The van der Waals surface area contributed by atoms with Gasteiger partial charge in [0.25, 0.3) is 0 Å². The van der Waals surface area contributed by atoms with E-state index in [0.717, 1.165) is 103 Å². The van der Waals surface area contributed by atoms with Crippen LogP contribution in [0.1, 0.15) is 194 Å². The molecule has 8 bridgehead atoms. The summed E-state index contributed by atoms with van der Waals surface area (Å²) in [7, 11) is 15.8. The molecule has 0 aromatic heterocycles. The van der Waals surface area contributed by atoms with Crippen molar-refractivity contribution in [2.45, 2.75) is 303 Å². The van der Waals surface area contributed by atoms with Crippen molar-refractivity contribution in [1.82, 2.24) is 78.4 Å². The van der Waals surface area contributed by atoms with Crippen LogP contribution in [0.25, 0.3) is 0 Å². The van der Waals surface area contributed by atoms with Crippen molar-refractivity contribution in [2.75, 3.05) is 200 Å². The van der Waals surface area contributed by atoms with Gasteiger partial charge in [-0.1, -0.05) is 12.8 Å². The fourth-order valence-electron chi connectivity index (χ4n) is 18.6. The van der Waals surface area contributed by atoms with Crippen LogP contribution >= 0.6 is 0 Å². The lowest BCUT2D eigenvalue weighted by Crippen LogP contribution is -2.62. The molecular formula is C77H158N16. The number of fused-ring (bicyclic) bond motifs is 10. The maximum atomic E-state index is 2.73. The number of likely N-dealkylation sites (N-methyl/N-ethyl adjacent to an activating group) is 7. The highest BCUT2D eigenvalue weighted by atomic mass is 15.4. The van der Waals surface area contributed by atoms with Crippen molar-refractivity contribution >= 4 is 0 Å². The molecular weight excluding hydrogens is 1150 g/mol. The molecule has 10 unspecified atom stereocenters. The molecule has 13 aliphatic heterocycles. The zero-order chi connectivity index (χ0) is 68.0. The van der Waals surface area contributed by atoms with E-state index >= 15 is 0 Å². The minimum atomic E-state index is 0.600. The summed E-state index contributed by atoms with van der Waals surface area (Å²) in [5, 5.41) is 0. The van der Waals surface area contributed by atoms with Crippen LogP contribution in [0, 0.1) is 0 Å². The molecule has 16 nitrogen and oxygen atoms in total. The topological polar surface area (TPSA) is 51.8 Å².